The van der Waals surface area contributed by atoms with Crippen LogP contribution in [0.25, 0.3) is 0 Å². The number of likely N-dealkylation sites (N-methyl/N-ethyl adjacent to an activating group) is 1. The molecule has 4 N–H and O–H groups in total. The number of unbranched alkanes of at least 4 members (excludes halogenated alkanes) is 1. The number of hydrogen-bond donors (Lipinski definition) is 2. The average Bonchev–Trinajstić information content (AvgIpc) is 2.90. The van der Waals surface area contributed by atoms with Gasteiger partial charge in [-0.3, -0.25) is 9.69 Å². The number of amides is 1. The van der Waals surface area contributed by atoms with E-state index in [0.717, 1.165) is 11.4 Å². The van der Waals surface area contributed by atoms with Crippen LogP contribution >= 0.6 is 0 Å². The van der Waals surface area contributed by atoms with Crippen LogP contribution in [0.4, 0.5) is 17.1 Å². The van der Waals surface area contributed by atoms with Gasteiger partial charge in [0.25, 0.3) is 0 Å². The minimum atomic E-state index is 0.317. The molecule has 0 aliphatic carbocycles. The highest BCUT2D eigenvalue weighted by Crippen LogP contribution is 2.28. The fourth-order valence-electron chi connectivity index (χ4n) is 3.31. The van der Waals surface area contributed by atoms with E-state index in [1.807, 2.05) is 66.5 Å². The molecule has 0 aliphatic heterocycles. The molecule has 37 heavy (non-hydrogen) atoms. The fourth-order valence-corrected chi connectivity index (χ4v) is 3.31. The first kappa shape index (κ1) is 28.7. The summed E-state index contributed by atoms with van der Waals surface area (Å²) in [5.41, 5.74) is 15.1. The third kappa shape index (κ3) is 8.28. The molecule has 7 heteroatoms. The molecule has 0 saturated heterocycles. The number of nitrogen functional groups attached to an aromatic ring is 1. The highest BCUT2D eigenvalue weighted by atomic mass is 16.5. The molecule has 0 saturated carbocycles. The Kier molecular flexibility index (Phi) is 11.5. The van der Waals surface area contributed by atoms with Gasteiger partial charge in [-0.2, -0.15) is 0 Å². The molecular weight excluding hydrogens is 462 g/mol. The van der Waals surface area contributed by atoms with Crippen molar-refractivity contribution in [2.45, 2.75) is 33.6 Å². The van der Waals surface area contributed by atoms with Crippen molar-refractivity contribution in [2.24, 2.45) is 10.7 Å². The lowest BCUT2D eigenvalue weighted by atomic mass is 10.2. The number of aliphatic imine (C=N–C) groups is 1. The van der Waals surface area contributed by atoms with E-state index in [-0.39, 0.29) is 0 Å². The SMILES string of the molecule is C=CN=C(/C(=C(\C)N)N(C)c1ccc(Oc2ccccc2)cc1)N(C=O)c1cccc(N)c1.CCCC. The van der Waals surface area contributed by atoms with Gasteiger partial charge in [-0.25, -0.2) is 4.99 Å². The number of para-hydroxylation sites is 1. The normalized spacial score (nSPS) is 11.4. The largest absolute Gasteiger partial charge is 0.457 e. The number of nitrogens with two attached hydrogens (primary N) is 2. The Balaban J connectivity index is 0.00000112. The van der Waals surface area contributed by atoms with E-state index in [1.165, 1.54) is 23.9 Å². The summed E-state index contributed by atoms with van der Waals surface area (Å²) in [5, 5.41) is 0. The third-order valence-electron chi connectivity index (χ3n) is 5.32. The number of rotatable bonds is 9. The molecule has 0 fully saturated rings. The monoisotopic (exact) mass is 499 g/mol. The lowest BCUT2D eigenvalue weighted by Crippen LogP contribution is -2.38. The summed E-state index contributed by atoms with van der Waals surface area (Å²) in [6.07, 6.45) is 4.68. The number of nitrogens with zero attached hydrogens (tertiary/aromatic N) is 3. The zero-order chi connectivity index (χ0) is 27.2. The number of benzene rings is 3. The third-order valence-corrected chi connectivity index (χ3v) is 5.32. The molecule has 3 aromatic rings. The summed E-state index contributed by atoms with van der Waals surface area (Å²) in [6.45, 7) is 9.81. The number of carbonyl (C=O) groups is 1. The van der Waals surface area contributed by atoms with E-state index in [4.69, 9.17) is 16.2 Å². The van der Waals surface area contributed by atoms with Crippen molar-refractivity contribution in [3.63, 3.8) is 0 Å². The van der Waals surface area contributed by atoms with Crippen molar-refractivity contribution in [1.82, 2.24) is 0 Å². The van der Waals surface area contributed by atoms with E-state index >= 15 is 0 Å². The van der Waals surface area contributed by atoms with Crippen LogP contribution in [0.15, 0.2) is 108 Å². The maximum Gasteiger partial charge on any atom is 0.219 e. The number of ether oxygens (including phenoxy) is 1. The number of anilines is 3. The molecule has 0 heterocycles. The molecule has 0 bridgehead atoms. The lowest BCUT2D eigenvalue weighted by molar-refractivity contribution is -0.106. The maximum absolute atomic E-state index is 12.1. The minimum absolute atomic E-state index is 0.317. The van der Waals surface area contributed by atoms with Crippen LogP contribution in [-0.2, 0) is 4.79 Å². The first-order chi connectivity index (χ1) is 17.9. The molecule has 3 aromatic carbocycles. The Hall–Kier alpha value is -4.52. The molecule has 0 spiro atoms. The van der Waals surface area contributed by atoms with E-state index in [2.05, 4.69) is 25.4 Å². The average molecular weight is 500 g/mol. The van der Waals surface area contributed by atoms with Gasteiger partial charge in [-0.15, -0.1) is 0 Å². The van der Waals surface area contributed by atoms with Crippen LogP contribution in [0.3, 0.4) is 0 Å². The number of amidine groups is 1. The maximum atomic E-state index is 12.1. The Morgan fingerprint density at radius 3 is 2.08 bits per heavy atom. The van der Waals surface area contributed by atoms with Crippen LogP contribution < -0.4 is 26.0 Å². The number of allylic oxidation sites excluding steroid dienone is 1. The fraction of sp³-hybridized carbons (Fsp3) is 0.200. The Labute approximate surface area is 220 Å². The van der Waals surface area contributed by atoms with Crippen molar-refractivity contribution in [3.05, 3.63) is 103 Å². The summed E-state index contributed by atoms with van der Waals surface area (Å²) in [5.74, 6) is 1.77. The quantitative estimate of drug-likeness (QED) is 0.148. The summed E-state index contributed by atoms with van der Waals surface area (Å²) in [7, 11) is 1.85. The molecule has 1 amide bonds. The summed E-state index contributed by atoms with van der Waals surface area (Å²) in [6, 6.07) is 24.0. The van der Waals surface area contributed by atoms with Gasteiger partial charge in [0.1, 0.15) is 17.2 Å². The predicted octanol–water partition coefficient (Wildman–Crippen LogP) is 6.70. The smallest absolute Gasteiger partial charge is 0.219 e. The van der Waals surface area contributed by atoms with Crippen LogP contribution in [-0.4, -0.2) is 19.3 Å². The van der Waals surface area contributed by atoms with Gasteiger partial charge >= 0.3 is 0 Å². The van der Waals surface area contributed by atoms with Crippen molar-refractivity contribution in [2.75, 3.05) is 22.6 Å². The second-order valence-corrected chi connectivity index (χ2v) is 8.21. The summed E-state index contributed by atoms with van der Waals surface area (Å²) >= 11 is 0. The van der Waals surface area contributed by atoms with E-state index in [1.54, 1.807) is 31.2 Å². The van der Waals surface area contributed by atoms with E-state index in [0.29, 0.717) is 40.8 Å². The standard InChI is InChI=1S/C26H27N5O2.C4H10/c1-4-29-26(31(18-32)22-10-8-9-20(28)17-22)25(19(2)27)30(3)21-13-15-24(16-14-21)33-23-11-6-5-7-12-23;1-3-4-2/h4-18H,1,27-28H2,2-3H3;3-4H2,1-2H3/b25-19-,29-26?;. The topological polar surface area (TPSA) is 97.2 Å². The van der Waals surface area contributed by atoms with Gasteiger partial charge in [-0.05, 0) is 61.5 Å². The van der Waals surface area contributed by atoms with Crippen molar-refractivity contribution in [3.8, 4) is 11.5 Å². The van der Waals surface area contributed by atoms with Gasteiger partial charge < -0.3 is 21.1 Å². The highest BCUT2D eigenvalue weighted by molar-refractivity contribution is 6.20. The molecule has 7 nitrogen and oxygen atoms in total. The molecule has 0 radical (unpaired) electrons. The predicted molar refractivity (Wildman–Crippen MR) is 156 cm³/mol. The first-order valence-electron chi connectivity index (χ1n) is 12.2. The van der Waals surface area contributed by atoms with Crippen LogP contribution in [0.1, 0.15) is 33.6 Å². The molecule has 3 rings (SSSR count). The molecule has 0 unspecified atom stereocenters. The molecule has 0 atom stereocenters. The van der Waals surface area contributed by atoms with Crippen molar-refractivity contribution < 1.29 is 9.53 Å². The lowest BCUT2D eigenvalue weighted by Gasteiger charge is -2.29. The van der Waals surface area contributed by atoms with Crippen LogP contribution in [0, 0.1) is 0 Å². The summed E-state index contributed by atoms with van der Waals surface area (Å²) < 4.78 is 5.87. The van der Waals surface area contributed by atoms with Gasteiger partial charge in [0.2, 0.25) is 6.41 Å². The zero-order valence-electron chi connectivity index (χ0n) is 22.1. The van der Waals surface area contributed by atoms with E-state index < -0.39 is 0 Å². The van der Waals surface area contributed by atoms with Crippen LogP contribution in [0.2, 0.25) is 0 Å². The number of carbonyl (C=O) groups excluding carboxylic acids is 1. The van der Waals surface area contributed by atoms with Gasteiger partial charge in [0.15, 0.2) is 5.84 Å². The zero-order valence-corrected chi connectivity index (χ0v) is 22.1. The van der Waals surface area contributed by atoms with Crippen LogP contribution in [0.5, 0.6) is 11.5 Å². The number of hydrogen-bond acceptors (Lipinski definition) is 6. The Morgan fingerprint density at radius 2 is 1.57 bits per heavy atom. The van der Waals surface area contributed by atoms with Crippen molar-refractivity contribution >= 4 is 29.3 Å². The molecule has 0 aliphatic rings. The molecule has 194 valence electrons. The van der Waals surface area contributed by atoms with Gasteiger partial charge in [-0.1, -0.05) is 57.5 Å². The van der Waals surface area contributed by atoms with Gasteiger partial charge in [0, 0.05) is 30.3 Å². The Bertz CT molecular complexity index is 1200. The first-order valence-corrected chi connectivity index (χ1v) is 12.2. The van der Waals surface area contributed by atoms with E-state index in [9.17, 15) is 4.79 Å². The Morgan fingerprint density at radius 1 is 0.946 bits per heavy atom. The van der Waals surface area contributed by atoms with Gasteiger partial charge in [0.05, 0.1) is 5.69 Å². The second kappa shape index (κ2) is 14.8. The molecule has 0 aromatic heterocycles. The second-order valence-electron chi connectivity index (χ2n) is 8.21. The highest BCUT2D eigenvalue weighted by Gasteiger charge is 2.23. The summed E-state index contributed by atoms with van der Waals surface area (Å²) in [4.78, 5) is 19.7. The molecular formula is C30H37N5O2. The minimum Gasteiger partial charge on any atom is -0.457 e. The van der Waals surface area contributed by atoms with Crippen molar-refractivity contribution in [1.29, 1.82) is 0 Å².